The molecule has 1 aliphatic heterocycles. The summed E-state index contributed by atoms with van der Waals surface area (Å²) in [6.45, 7) is 2.97. The number of para-hydroxylation sites is 2. The third-order valence-electron chi connectivity index (χ3n) is 6.16. The Hall–Kier alpha value is -3.86. The molecule has 0 N–H and O–H groups in total. The Morgan fingerprint density at radius 1 is 1.03 bits per heavy atom. The summed E-state index contributed by atoms with van der Waals surface area (Å²) in [6.07, 6.45) is 3.35. The van der Waals surface area contributed by atoms with E-state index >= 15 is 0 Å². The Morgan fingerprint density at radius 2 is 1.78 bits per heavy atom. The van der Waals surface area contributed by atoms with Crippen molar-refractivity contribution < 1.29 is 13.9 Å². The van der Waals surface area contributed by atoms with E-state index in [4.69, 9.17) is 4.74 Å². The average molecular weight is 509 g/mol. The number of hydrogen-bond acceptors (Lipinski definition) is 7. The molecule has 0 unspecified atom stereocenters. The number of rotatable bonds is 7. The van der Waals surface area contributed by atoms with Crippen LogP contribution in [0.3, 0.4) is 0 Å². The van der Waals surface area contributed by atoms with Gasteiger partial charge in [0.15, 0.2) is 5.16 Å². The minimum Gasteiger partial charge on any atom is -0.495 e. The number of nitrogens with zero attached hydrogens (tertiary/aromatic N) is 6. The van der Waals surface area contributed by atoms with Gasteiger partial charge in [-0.15, -0.1) is 10.2 Å². The summed E-state index contributed by atoms with van der Waals surface area (Å²) in [6, 6.07) is 13.9. The molecule has 0 bridgehead atoms. The van der Waals surface area contributed by atoms with Gasteiger partial charge in [-0.05, 0) is 29.8 Å². The molecule has 9 nitrogen and oxygen atoms in total. The van der Waals surface area contributed by atoms with Crippen LogP contribution in [0.1, 0.15) is 5.56 Å². The van der Waals surface area contributed by atoms with Gasteiger partial charge in [0.05, 0.1) is 25.1 Å². The van der Waals surface area contributed by atoms with E-state index in [0.29, 0.717) is 24.8 Å². The van der Waals surface area contributed by atoms with Crippen LogP contribution in [0.4, 0.5) is 10.1 Å². The number of anilines is 1. The van der Waals surface area contributed by atoms with Crippen LogP contribution in [0.5, 0.6) is 5.75 Å². The smallest absolute Gasteiger partial charge is 0.296 e. The highest BCUT2D eigenvalue weighted by molar-refractivity contribution is 7.99. The molecule has 4 aromatic rings. The summed E-state index contributed by atoms with van der Waals surface area (Å²) in [5, 5.41) is 8.65. The zero-order chi connectivity index (χ0) is 25.1. The second-order valence-electron chi connectivity index (χ2n) is 8.36. The topological polar surface area (TPSA) is 85.0 Å². The third-order valence-corrected chi connectivity index (χ3v) is 7.09. The molecular formula is C25H25FN6O3S. The Morgan fingerprint density at radius 3 is 2.53 bits per heavy atom. The minimum atomic E-state index is -0.325. The molecule has 0 atom stereocenters. The molecule has 186 valence electrons. The van der Waals surface area contributed by atoms with Gasteiger partial charge in [0.25, 0.3) is 5.56 Å². The lowest BCUT2D eigenvalue weighted by atomic mass is 10.2. The van der Waals surface area contributed by atoms with Crippen LogP contribution < -0.4 is 15.2 Å². The number of carbonyl (C=O) groups excluding carboxylic acids is 1. The van der Waals surface area contributed by atoms with Crippen molar-refractivity contribution in [3.63, 3.8) is 0 Å². The number of benzene rings is 2. The molecular weight excluding hydrogens is 483 g/mol. The number of aromatic nitrogens is 4. The highest BCUT2D eigenvalue weighted by Gasteiger charge is 2.23. The van der Waals surface area contributed by atoms with Gasteiger partial charge >= 0.3 is 0 Å². The molecule has 0 saturated carbocycles. The monoisotopic (exact) mass is 508 g/mol. The van der Waals surface area contributed by atoms with Gasteiger partial charge in [0.1, 0.15) is 11.6 Å². The van der Waals surface area contributed by atoms with E-state index in [1.807, 2.05) is 29.2 Å². The zero-order valence-electron chi connectivity index (χ0n) is 19.7. The van der Waals surface area contributed by atoms with Crippen LogP contribution in [0, 0.1) is 5.82 Å². The van der Waals surface area contributed by atoms with E-state index in [1.165, 1.54) is 28.5 Å². The largest absolute Gasteiger partial charge is 0.495 e. The number of ether oxygens (including phenoxy) is 1. The van der Waals surface area contributed by atoms with Gasteiger partial charge in [-0.2, -0.15) is 0 Å². The molecule has 2 aromatic carbocycles. The molecule has 1 fully saturated rings. The number of piperazine rings is 1. The first-order valence-electron chi connectivity index (χ1n) is 11.5. The lowest BCUT2D eigenvalue weighted by Crippen LogP contribution is -2.49. The second-order valence-corrected chi connectivity index (χ2v) is 9.30. The van der Waals surface area contributed by atoms with Crippen LogP contribution in [0.2, 0.25) is 0 Å². The molecule has 0 aliphatic carbocycles. The fourth-order valence-electron chi connectivity index (χ4n) is 4.22. The molecule has 11 heteroatoms. The highest BCUT2D eigenvalue weighted by atomic mass is 32.2. The maximum absolute atomic E-state index is 13.2. The highest BCUT2D eigenvalue weighted by Crippen LogP contribution is 2.28. The van der Waals surface area contributed by atoms with Crippen molar-refractivity contribution in [2.75, 3.05) is 43.9 Å². The summed E-state index contributed by atoms with van der Waals surface area (Å²) in [5.41, 5.74) is 1.70. The van der Waals surface area contributed by atoms with Crippen molar-refractivity contribution in [1.82, 2.24) is 24.1 Å². The Kier molecular flexibility index (Phi) is 6.90. The molecule has 1 amide bonds. The molecule has 2 aromatic heterocycles. The predicted molar refractivity (Wildman–Crippen MR) is 135 cm³/mol. The first kappa shape index (κ1) is 23.9. The molecule has 36 heavy (non-hydrogen) atoms. The summed E-state index contributed by atoms with van der Waals surface area (Å²) >= 11 is 1.26. The van der Waals surface area contributed by atoms with E-state index < -0.39 is 0 Å². The first-order valence-corrected chi connectivity index (χ1v) is 12.5. The minimum absolute atomic E-state index is 0.0149. The van der Waals surface area contributed by atoms with Crippen LogP contribution in [-0.4, -0.2) is 69.0 Å². The Labute approximate surface area is 211 Å². The molecule has 1 aliphatic rings. The SMILES string of the molecule is COc1ccccc1N1CCN(C(=O)CSc2nnc3c(=O)n(Cc4ccc(F)cc4)ccn23)CC1. The third kappa shape index (κ3) is 4.92. The van der Waals surface area contributed by atoms with Crippen LogP contribution >= 0.6 is 11.8 Å². The van der Waals surface area contributed by atoms with Crippen molar-refractivity contribution in [2.24, 2.45) is 0 Å². The van der Waals surface area contributed by atoms with Crippen molar-refractivity contribution in [3.05, 3.63) is 82.7 Å². The standard InChI is InChI=1S/C25H25FN6O3S/c1-35-21-5-3-2-4-20(21)29-10-12-30(13-11-29)22(33)17-36-25-28-27-23-24(34)31(14-15-32(23)25)16-18-6-8-19(26)9-7-18/h2-9,14-15H,10-13,16-17H2,1H3. The molecule has 3 heterocycles. The molecule has 5 rings (SSSR count). The number of thioether (sulfide) groups is 1. The average Bonchev–Trinajstić information content (AvgIpc) is 3.34. The van der Waals surface area contributed by atoms with E-state index in [0.717, 1.165) is 30.1 Å². The number of halogens is 1. The lowest BCUT2D eigenvalue weighted by Gasteiger charge is -2.36. The zero-order valence-corrected chi connectivity index (χ0v) is 20.5. The van der Waals surface area contributed by atoms with Gasteiger partial charge in [0.2, 0.25) is 11.6 Å². The number of carbonyl (C=O) groups is 1. The van der Waals surface area contributed by atoms with Crippen molar-refractivity contribution >= 4 is 29.0 Å². The molecule has 0 radical (unpaired) electrons. The quantitative estimate of drug-likeness (QED) is 0.355. The maximum atomic E-state index is 13.2. The van der Waals surface area contributed by atoms with Gasteiger partial charge < -0.3 is 19.1 Å². The van der Waals surface area contributed by atoms with E-state index in [-0.39, 0.29) is 28.7 Å². The summed E-state index contributed by atoms with van der Waals surface area (Å²) in [4.78, 5) is 29.8. The van der Waals surface area contributed by atoms with Gasteiger partial charge in [-0.3, -0.25) is 14.0 Å². The maximum Gasteiger partial charge on any atom is 0.296 e. The van der Waals surface area contributed by atoms with Crippen molar-refractivity contribution in [3.8, 4) is 5.75 Å². The summed E-state index contributed by atoms with van der Waals surface area (Å²) < 4.78 is 21.7. The number of amides is 1. The van der Waals surface area contributed by atoms with Crippen molar-refractivity contribution in [2.45, 2.75) is 11.7 Å². The van der Waals surface area contributed by atoms with Gasteiger partial charge in [-0.1, -0.05) is 36.0 Å². The Balaban J connectivity index is 1.20. The summed E-state index contributed by atoms with van der Waals surface area (Å²) in [5.74, 6) is 0.714. The fraction of sp³-hybridized carbons (Fsp3) is 0.280. The molecule has 0 spiro atoms. The van der Waals surface area contributed by atoms with Crippen LogP contribution in [-0.2, 0) is 11.3 Å². The van der Waals surface area contributed by atoms with Gasteiger partial charge in [-0.25, -0.2) is 4.39 Å². The fourth-order valence-corrected chi connectivity index (χ4v) is 5.04. The number of fused-ring (bicyclic) bond motifs is 1. The lowest BCUT2D eigenvalue weighted by molar-refractivity contribution is -0.128. The van der Waals surface area contributed by atoms with E-state index in [9.17, 15) is 14.0 Å². The van der Waals surface area contributed by atoms with E-state index in [1.54, 1.807) is 36.0 Å². The predicted octanol–water partition coefficient (Wildman–Crippen LogP) is 2.53. The Bertz CT molecular complexity index is 1430. The van der Waals surface area contributed by atoms with E-state index in [2.05, 4.69) is 15.1 Å². The van der Waals surface area contributed by atoms with Gasteiger partial charge in [0, 0.05) is 38.6 Å². The molecule has 1 saturated heterocycles. The summed E-state index contributed by atoms with van der Waals surface area (Å²) in [7, 11) is 1.66. The second kappa shape index (κ2) is 10.4. The van der Waals surface area contributed by atoms with Crippen LogP contribution in [0.15, 0.2) is 70.9 Å². The first-order chi connectivity index (χ1) is 17.5. The normalized spacial score (nSPS) is 13.8. The van der Waals surface area contributed by atoms with Crippen LogP contribution in [0.25, 0.3) is 5.65 Å². The number of methoxy groups -OCH3 is 1. The number of hydrogen-bond donors (Lipinski definition) is 0. The van der Waals surface area contributed by atoms with Crippen molar-refractivity contribution in [1.29, 1.82) is 0 Å².